The third-order valence-electron chi connectivity index (χ3n) is 3.41. The van der Waals surface area contributed by atoms with Crippen molar-refractivity contribution in [3.63, 3.8) is 0 Å². The van der Waals surface area contributed by atoms with Gasteiger partial charge in [-0.05, 0) is 25.8 Å². The van der Waals surface area contributed by atoms with Crippen molar-refractivity contribution in [3.05, 3.63) is 11.9 Å². The number of carbonyl (C=O) groups excluding carboxylic acids is 1. The van der Waals surface area contributed by atoms with E-state index in [1.165, 1.54) is 19.3 Å². The Morgan fingerprint density at radius 1 is 1.67 bits per heavy atom. The highest BCUT2D eigenvalue weighted by Gasteiger charge is 2.18. The lowest BCUT2D eigenvalue weighted by Crippen LogP contribution is -2.32. The van der Waals surface area contributed by atoms with Crippen LogP contribution in [-0.2, 0) is 6.54 Å². The number of nitrogens with zero attached hydrogens (tertiary/aromatic N) is 4. The fourth-order valence-corrected chi connectivity index (χ4v) is 2.07. The first kappa shape index (κ1) is 13.0. The molecule has 1 aliphatic rings. The molecule has 1 aliphatic carbocycles. The fourth-order valence-electron chi connectivity index (χ4n) is 2.07. The summed E-state index contributed by atoms with van der Waals surface area (Å²) in [6, 6.07) is 0. The third-order valence-corrected chi connectivity index (χ3v) is 3.41. The summed E-state index contributed by atoms with van der Waals surface area (Å²) < 4.78 is 1.67. The van der Waals surface area contributed by atoms with Crippen LogP contribution < -0.4 is 11.3 Å². The van der Waals surface area contributed by atoms with Crippen LogP contribution >= 0.6 is 0 Å². The van der Waals surface area contributed by atoms with Crippen LogP contribution in [0.15, 0.2) is 6.20 Å². The summed E-state index contributed by atoms with van der Waals surface area (Å²) >= 11 is 0. The Morgan fingerprint density at radius 2 is 2.44 bits per heavy atom. The molecule has 0 aromatic carbocycles. The van der Waals surface area contributed by atoms with Gasteiger partial charge in [0.25, 0.3) is 5.91 Å². The van der Waals surface area contributed by atoms with E-state index in [1.54, 1.807) is 10.9 Å². The van der Waals surface area contributed by atoms with Crippen molar-refractivity contribution < 1.29 is 4.79 Å². The highest BCUT2D eigenvalue weighted by atomic mass is 16.2. The van der Waals surface area contributed by atoms with Gasteiger partial charge in [-0.1, -0.05) is 11.6 Å². The van der Waals surface area contributed by atoms with Gasteiger partial charge in [0, 0.05) is 13.1 Å². The molecule has 100 valence electrons. The van der Waals surface area contributed by atoms with Gasteiger partial charge >= 0.3 is 0 Å². The standard InChI is InChI=1S/C11H20N6O/c1-16(7-9-3-2-4-9)5-6-17-8-10(14-15-17)11(18)13-12/h8-9H,2-7,12H2,1H3,(H,13,18). The Labute approximate surface area is 106 Å². The molecule has 2 rings (SSSR count). The minimum atomic E-state index is -0.413. The lowest BCUT2D eigenvalue weighted by Gasteiger charge is -2.29. The molecule has 0 spiro atoms. The van der Waals surface area contributed by atoms with Gasteiger partial charge in [0.1, 0.15) is 0 Å². The summed E-state index contributed by atoms with van der Waals surface area (Å²) in [6.45, 7) is 2.78. The van der Waals surface area contributed by atoms with Crippen LogP contribution in [0.3, 0.4) is 0 Å². The van der Waals surface area contributed by atoms with Gasteiger partial charge in [-0.2, -0.15) is 0 Å². The van der Waals surface area contributed by atoms with Gasteiger partial charge in [0.2, 0.25) is 0 Å². The van der Waals surface area contributed by atoms with Crippen LogP contribution in [0.2, 0.25) is 0 Å². The van der Waals surface area contributed by atoms with E-state index in [1.807, 2.05) is 5.43 Å². The molecule has 1 aromatic heterocycles. The lowest BCUT2D eigenvalue weighted by atomic mass is 9.85. The Kier molecular flexibility index (Phi) is 4.27. The maximum absolute atomic E-state index is 11.2. The number of amides is 1. The Balaban J connectivity index is 1.75. The molecule has 7 heteroatoms. The van der Waals surface area contributed by atoms with Crippen LogP contribution in [0.1, 0.15) is 29.8 Å². The van der Waals surface area contributed by atoms with Crippen LogP contribution in [0.5, 0.6) is 0 Å². The molecule has 0 unspecified atom stereocenters. The van der Waals surface area contributed by atoms with Crippen LogP contribution in [0.25, 0.3) is 0 Å². The zero-order valence-electron chi connectivity index (χ0n) is 10.7. The summed E-state index contributed by atoms with van der Waals surface area (Å²) in [5.74, 6) is 5.48. The van der Waals surface area contributed by atoms with Crippen molar-refractivity contribution in [1.29, 1.82) is 0 Å². The average Bonchev–Trinajstić information content (AvgIpc) is 2.79. The lowest BCUT2D eigenvalue weighted by molar-refractivity contribution is 0.0948. The summed E-state index contributed by atoms with van der Waals surface area (Å²) in [6.07, 6.45) is 5.70. The van der Waals surface area contributed by atoms with Gasteiger partial charge in [-0.25, -0.2) is 5.84 Å². The van der Waals surface area contributed by atoms with Gasteiger partial charge in [-0.3, -0.25) is 14.9 Å². The minimum Gasteiger partial charge on any atom is -0.304 e. The van der Waals surface area contributed by atoms with Crippen molar-refractivity contribution in [3.8, 4) is 0 Å². The molecule has 1 fully saturated rings. The molecule has 1 aromatic rings. The van der Waals surface area contributed by atoms with Crippen LogP contribution in [0.4, 0.5) is 0 Å². The van der Waals surface area contributed by atoms with Crippen molar-refractivity contribution in [2.24, 2.45) is 11.8 Å². The van der Waals surface area contributed by atoms with Crippen molar-refractivity contribution in [2.45, 2.75) is 25.8 Å². The number of hydrogen-bond donors (Lipinski definition) is 2. The minimum absolute atomic E-state index is 0.249. The summed E-state index contributed by atoms with van der Waals surface area (Å²) in [4.78, 5) is 13.5. The summed E-state index contributed by atoms with van der Waals surface area (Å²) in [7, 11) is 2.11. The molecule has 3 N–H and O–H groups in total. The quantitative estimate of drug-likeness (QED) is 0.409. The molecule has 1 saturated carbocycles. The van der Waals surface area contributed by atoms with E-state index in [2.05, 4.69) is 22.3 Å². The third kappa shape index (κ3) is 3.27. The van der Waals surface area contributed by atoms with Gasteiger partial charge in [-0.15, -0.1) is 5.10 Å². The first-order valence-electron chi connectivity index (χ1n) is 6.28. The molecular formula is C11H20N6O. The van der Waals surface area contributed by atoms with Crippen molar-refractivity contribution in [2.75, 3.05) is 20.1 Å². The van der Waals surface area contributed by atoms with E-state index >= 15 is 0 Å². The van der Waals surface area contributed by atoms with Gasteiger partial charge in [0.15, 0.2) is 5.69 Å². The number of hydrazine groups is 1. The topological polar surface area (TPSA) is 89.1 Å². The molecular weight excluding hydrogens is 232 g/mol. The number of hydrogen-bond acceptors (Lipinski definition) is 5. The average molecular weight is 252 g/mol. The molecule has 0 atom stereocenters. The van der Waals surface area contributed by atoms with E-state index < -0.39 is 5.91 Å². The molecule has 18 heavy (non-hydrogen) atoms. The fraction of sp³-hybridized carbons (Fsp3) is 0.727. The number of rotatable bonds is 6. The molecule has 1 heterocycles. The number of aromatic nitrogens is 3. The maximum atomic E-state index is 11.2. The first-order valence-corrected chi connectivity index (χ1v) is 6.28. The van der Waals surface area contributed by atoms with Gasteiger partial charge < -0.3 is 4.90 Å². The Bertz CT molecular complexity index is 400. The van der Waals surface area contributed by atoms with E-state index in [4.69, 9.17) is 5.84 Å². The summed E-state index contributed by atoms with van der Waals surface area (Å²) in [5.41, 5.74) is 2.28. The monoisotopic (exact) mass is 252 g/mol. The number of nitrogen functional groups attached to an aromatic ring is 1. The molecule has 1 amide bonds. The van der Waals surface area contributed by atoms with Crippen molar-refractivity contribution >= 4 is 5.91 Å². The second-order valence-electron chi connectivity index (χ2n) is 4.90. The van der Waals surface area contributed by atoms with Crippen molar-refractivity contribution in [1.82, 2.24) is 25.3 Å². The molecule has 0 saturated heterocycles. The Morgan fingerprint density at radius 3 is 3.06 bits per heavy atom. The number of nitrogens with two attached hydrogens (primary N) is 1. The van der Waals surface area contributed by atoms with E-state index in [0.29, 0.717) is 0 Å². The zero-order chi connectivity index (χ0) is 13.0. The zero-order valence-corrected chi connectivity index (χ0v) is 10.7. The molecule has 0 radical (unpaired) electrons. The highest BCUT2D eigenvalue weighted by Crippen LogP contribution is 2.26. The SMILES string of the molecule is CN(CCn1cc(C(=O)NN)nn1)CC1CCC1. The maximum Gasteiger partial charge on any atom is 0.287 e. The molecule has 0 aliphatic heterocycles. The predicted octanol–water partition coefficient (Wildman–Crippen LogP) is -0.386. The predicted molar refractivity (Wildman–Crippen MR) is 66.5 cm³/mol. The molecule has 7 nitrogen and oxygen atoms in total. The second-order valence-corrected chi connectivity index (χ2v) is 4.90. The Hall–Kier alpha value is -1.47. The van der Waals surface area contributed by atoms with E-state index in [0.717, 1.165) is 25.6 Å². The van der Waals surface area contributed by atoms with E-state index in [-0.39, 0.29) is 5.69 Å². The van der Waals surface area contributed by atoms with Crippen LogP contribution in [0, 0.1) is 5.92 Å². The van der Waals surface area contributed by atoms with E-state index in [9.17, 15) is 4.79 Å². The van der Waals surface area contributed by atoms with Gasteiger partial charge in [0.05, 0.1) is 12.7 Å². The van der Waals surface area contributed by atoms with Crippen LogP contribution in [-0.4, -0.2) is 45.9 Å². The number of nitrogens with one attached hydrogen (secondary N) is 1. The molecule has 0 bridgehead atoms. The largest absolute Gasteiger partial charge is 0.304 e. The normalized spacial score (nSPS) is 15.7. The number of likely N-dealkylation sites (N-methyl/N-ethyl adjacent to an activating group) is 1. The second kappa shape index (κ2) is 5.92. The summed E-state index contributed by atoms with van der Waals surface area (Å²) in [5, 5.41) is 7.65. The highest BCUT2D eigenvalue weighted by molar-refractivity contribution is 5.91. The smallest absolute Gasteiger partial charge is 0.287 e. The number of carbonyl (C=O) groups is 1. The first-order chi connectivity index (χ1) is 8.69.